The minimum atomic E-state index is -0.846. The number of aliphatic hydroxyl groups is 1. The van der Waals surface area contributed by atoms with Crippen LogP contribution in [0.1, 0.15) is 27.2 Å². The summed E-state index contributed by atoms with van der Waals surface area (Å²) in [5, 5.41) is 17.9. The van der Waals surface area contributed by atoms with Crippen molar-refractivity contribution in [3.05, 3.63) is 40.8 Å². The maximum Gasteiger partial charge on any atom is 0.261 e. The third-order valence-corrected chi connectivity index (χ3v) is 4.45. The van der Waals surface area contributed by atoms with Crippen molar-refractivity contribution in [2.75, 3.05) is 6.54 Å². The van der Waals surface area contributed by atoms with Gasteiger partial charge in [-0.2, -0.15) is 5.10 Å². The summed E-state index contributed by atoms with van der Waals surface area (Å²) >= 11 is 1.39. The molecule has 1 atom stereocenters. The fourth-order valence-electron chi connectivity index (χ4n) is 2.18. The third kappa shape index (κ3) is 2.57. The molecule has 0 saturated heterocycles. The molecule has 0 radical (unpaired) electrons. The van der Waals surface area contributed by atoms with E-state index in [4.69, 9.17) is 4.42 Å². The molecule has 1 amide bonds. The molecule has 0 aromatic carbocycles. The lowest BCUT2D eigenvalue weighted by molar-refractivity contribution is 0.0905. The molecule has 0 fully saturated rings. The average Bonchev–Trinajstić information content (AvgIpc) is 3.15. The number of hydrogen-bond acceptors (Lipinski definition) is 5. The van der Waals surface area contributed by atoms with Gasteiger partial charge in [0.25, 0.3) is 5.91 Å². The summed E-state index contributed by atoms with van der Waals surface area (Å²) in [4.78, 5) is 13.7. The Morgan fingerprint density at radius 1 is 1.62 bits per heavy atom. The van der Waals surface area contributed by atoms with Crippen LogP contribution in [0.4, 0.5) is 0 Å². The van der Waals surface area contributed by atoms with Gasteiger partial charge < -0.3 is 14.8 Å². The Morgan fingerprint density at radius 3 is 3.10 bits per heavy atom. The fraction of sp³-hybridized carbons (Fsp3) is 0.286. The molecular formula is C14H15N3O3S. The summed E-state index contributed by atoms with van der Waals surface area (Å²) in [6.45, 7) is 2.02. The lowest BCUT2D eigenvalue weighted by atomic mass is 10.2. The molecule has 0 bridgehead atoms. The van der Waals surface area contributed by atoms with Crippen LogP contribution in [0.5, 0.6) is 0 Å². The molecule has 0 aliphatic heterocycles. The van der Waals surface area contributed by atoms with Crippen molar-refractivity contribution in [3.63, 3.8) is 0 Å². The Balaban J connectivity index is 1.71. The van der Waals surface area contributed by atoms with Gasteiger partial charge in [0.05, 0.1) is 23.4 Å². The summed E-state index contributed by atoms with van der Waals surface area (Å²) in [6, 6.07) is 5.20. The van der Waals surface area contributed by atoms with Crippen LogP contribution in [-0.2, 0) is 7.05 Å². The lowest BCUT2D eigenvalue weighted by Crippen LogP contribution is -2.27. The molecule has 6 nitrogen and oxygen atoms in total. The van der Waals surface area contributed by atoms with E-state index in [1.165, 1.54) is 17.6 Å². The monoisotopic (exact) mass is 305 g/mol. The second kappa shape index (κ2) is 5.34. The normalized spacial score (nSPS) is 12.7. The van der Waals surface area contributed by atoms with E-state index in [0.717, 1.165) is 15.9 Å². The van der Waals surface area contributed by atoms with Crippen LogP contribution in [0.3, 0.4) is 0 Å². The predicted molar refractivity (Wildman–Crippen MR) is 79.3 cm³/mol. The van der Waals surface area contributed by atoms with E-state index in [2.05, 4.69) is 10.4 Å². The minimum absolute atomic E-state index is 0.109. The number of nitrogens with one attached hydrogen (secondary N) is 1. The number of aliphatic hydroxyl groups excluding tert-OH is 1. The molecule has 3 aromatic heterocycles. The summed E-state index contributed by atoms with van der Waals surface area (Å²) in [5.41, 5.74) is 0.901. The Labute approximate surface area is 125 Å². The van der Waals surface area contributed by atoms with Crippen molar-refractivity contribution in [1.82, 2.24) is 15.1 Å². The smallest absolute Gasteiger partial charge is 0.261 e. The molecule has 3 aromatic rings. The largest absolute Gasteiger partial charge is 0.467 e. The van der Waals surface area contributed by atoms with Gasteiger partial charge in [0.15, 0.2) is 0 Å². The highest BCUT2D eigenvalue weighted by atomic mass is 32.1. The first-order valence-electron chi connectivity index (χ1n) is 6.49. The maximum atomic E-state index is 12.1. The van der Waals surface area contributed by atoms with Crippen LogP contribution in [0.2, 0.25) is 0 Å². The van der Waals surface area contributed by atoms with Crippen LogP contribution in [-0.4, -0.2) is 27.3 Å². The number of amides is 1. The van der Waals surface area contributed by atoms with Gasteiger partial charge in [-0.1, -0.05) is 0 Å². The van der Waals surface area contributed by atoms with E-state index in [0.29, 0.717) is 10.6 Å². The number of hydrogen-bond donors (Lipinski definition) is 2. The number of nitrogens with zero attached hydrogens (tertiary/aromatic N) is 2. The van der Waals surface area contributed by atoms with Crippen molar-refractivity contribution in [3.8, 4) is 0 Å². The van der Waals surface area contributed by atoms with Gasteiger partial charge in [0.2, 0.25) is 0 Å². The van der Waals surface area contributed by atoms with Gasteiger partial charge in [-0.05, 0) is 25.1 Å². The zero-order valence-corrected chi connectivity index (χ0v) is 12.5. The summed E-state index contributed by atoms with van der Waals surface area (Å²) in [6.07, 6.45) is 0.643. The lowest BCUT2D eigenvalue weighted by Gasteiger charge is -2.08. The molecule has 0 spiro atoms. The standard InChI is InChI=1S/C14H15N3O3S/c1-8-9-6-12(21-14(9)17(2)16-8)13(19)15-7-10(18)11-4-3-5-20-11/h3-6,10,18H,7H2,1-2H3,(H,15,19). The molecule has 1 unspecified atom stereocenters. The summed E-state index contributed by atoms with van der Waals surface area (Å²) < 4.78 is 6.86. The van der Waals surface area contributed by atoms with E-state index in [-0.39, 0.29) is 12.5 Å². The molecule has 3 rings (SSSR count). The summed E-state index contributed by atoms with van der Waals surface area (Å²) in [5.74, 6) is 0.230. The topological polar surface area (TPSA) is 80.3 Å². The SMILES string of the molecule is Cc1nn(C)c2sc(C(=O)NCC(O)c3ccco3)cc12. The van der Waals surface area contributed by atoms with Gasteiger partial charge in [0.1, 0.15) is 16.7 Å². The first kappa shape index (κ1) is 13.8. The van der Waals surface area contributed by atoms with Gasteiger partial charge in [-0.15, -0.1) is 11.3 Å². The first-order valence-corrected chi connectivity index (χ1v) is 7.30. The minimum Gasteiger partial charge on any atom is -0.467 e. The molecule has 2 N–H and O–H groups in total. The van der Waals surface area contributed by atoms with Crippen LogP contribution in [0.25, 0.3) is 10.2 Å². The molecular weight excluding hydrogens is 290 g/mol. The fourth-order valence-corrected chi connectivity index (χ4v) is 3.21. The quantitative estimate of drug-likeness (QED) is 0.772. The number of aromatic nitrogens is 2. The number of thiophene rings is 1. The summed E-state index contributed by atoms with van der Waals surface area (Å²) in [7, 11) is 1.86. The van der Waals surface area contributed by atoms with Crippen LogP contribution in [0.15, 0.2) is 28.9 Å². The highest BCUT2D eigenvalue weighted by molar-refractivity contribution is 7.20. The van der Waals surface area contributed by atoms with Crippen molar-refractivity contribution in [2.24, 2.45) is 7.05 Å². The Bertz CT molecular complexity index is 738. The maximum absolute atomic E-state index is 12.1. The second-order valence-corrected chi connectivity index (χ2v) is 5.81. The predicted octanol–water partition coefficient (Wildman–Crippen LogP) is 2.00. The highest BCUT2D eigenvalue weighted by Gasteiger charge is 2.17. The first-order chi connectivity index (χ1) is 10.1. The van der Waals surface area contributed by atoms with Gasteiger partial charge >= 0.3 is 0 Å². The van der Waals surface area contributed by atoms with Crippen molar-refractivity contribution in [1.29, 1.82) is 0 Å². The molecule has 3 heterocycles. The van der Waals surface area contributed by atoms with Gasteiger partial charge in [-0.25, -0.2) is 0 Å². The van der Waals surface area contributed by atoms with Crippen molar-refractivity contribution < 1.29 is 14.3 Å². The van der Waals surface area contributed by atoms with Crippen molar-refractivity contribution in [2.45, 2.75) is 13.0 Å². The van der Waals surface area contributed by atoms with Crippen LogP contribution >= 0.6 is 11.3 Å². The molecule has 0 saturated carbocycles. The van der Waals surface area contributed by atoms with E-state index >= 15 is 0 Å². The van der Waals surface area contributed by atoms with Gasteiger partial charge in [-0.3, -0.25) is 9.48 Å². The van der Waals surface area contributed by atoms with Crippen LogP contribution < -0.4 is 5.32 Å². The zero-order valence-electron chi connectivity index (χ0n) is 11.7. The second-order valence-electron chi connectivity index (χ2n) is 4.78. The van der Waals surface area contributed by atoms with E-state index in [1.807, 2.05) is 20.0 Å². The number of aryl methyl sites for hydroxylation is 2. The molecule has 21 heavy (non-hydrogen) atoms. The van der Waals surface area contributed by atoms with Crippen molar-refractivity contribution >= 4 is 27.5 Å². The molecule has 110 valence electrons. The number of carbonyl (C=O) groups is 1. The molecule has 0 aliphatic rings. The molecule has 0 aliphatic carbocycles. The van der Waals surface area contributed by atoms with Gasteiger partial charge in [0, 0.05) is 12.4 Å². The third-order valence-electron chi connectivity index (χ3n) is 3.25. The van der Waals surface area contributed by atoms with E-state index < -0.39 is 6.10 Å². The number of rotatable bonds is 4. The Kier molecular flexibility index (Phi) is 3.52. The van der Waals surface area contributed by atoms with E-state index in [1.54, 1.807) is 16.8 Å². The number of furan rings is 1. The van der Waals surface area contributed by atoms with Crippen LogP contribution in [0, 0.1) is 6.92 Å². The van der Waals surface area contributed by atoms with E-state index in [9.17, 15) is 9.90 Å². The number of carbonyl (C=O) groups excluding carboxylic acids is 1. The number of fused-ring (bicyclic) bond motifs is 1. The Morgan fingerprint density at radius 2 is 2.43 bits per heavy atom. The zero-order chi connectivity index (χ0) is 15.0. The molecule has 7 heteroatoms. The Hall–Kier alpha value is -2.12. The average molecular weight is 305 g/mol. The highest BCUT2D eigenvalue weighted by Crippen LogP contribution is 2.27.